The summed E-state index contributed by atoms with van der Waals surface area (Å²) in [6.07, 6.45) is 2.42. The predicted molar refractivity (Wildman–Crippen MR) is 133 cm³/mol. The van der Waals surface area contributed by atoms with Gasteiger partial charge < -0.3 is 21.9 Å². The van der Waals surface area contributed by atoms with Crippen LogP contribution in [0.5, 0.6) is 0 Å². The van der Waals surface area contributed by atoms with Crippen LogP contribution in [0.4, 0.5) is 5.69 Å². The Balaban J connectivity index is 1.86. The molecule has 1 aromatic rings. The van der Waals surface area contributed by atoms with Crippen LogP contribution < -0.4 is 21.5 Å². The Bertz CT molecular complexity index is 1070. The maximum atomic E-state index is 13.4. The highest BCUT2D eigenvalue weighted by Crippen LogP contribution is 2.32. The molecule has 0 aliphatic carbocycles. The summed E-state index contributed by atoms with van der Waals surface area (Å²) in [6.45, 7) is 5.29. The zero-order chi connectivity index (χ0) is 25.8. The number of aliphatic carboxylic acids is 1. The van der Waals surface area contributed by atoms with Gasteiger partial charge in [0.1, 0.15) is 10.9 Å². The average molecular weight is 509 g/mol. The first-order chi connectivity index (χ1) is 16.5. The summed E-state index contributed by atoms with van der Waals surface area (Å²) >= 11 is 0. The third-order valence-corrected chi connectivity index (χ3v) is 8.05. The molecule has 1 amide bonds. The van der Waals surface area contributed by atoms with Crippen LogP contribution in [0, 0.1) is 11.8 Å². The summed E-state index contributed by atoms with van der Waals surface area (Å²) in [5, 5.41) is 13.0. The van der Waals surface area contributed by atoms with Crippen LogP contribution in [0.25, 0.3) is 0 Å². The molecule has 2 heterocycles. The van der Waals surface area contributed by atoms with Crippen molar-refractivity contribution in [1.82, 2.24) is 9.62 Å². The maximum Gasteiger partial charge on any atom is 0.320 e. The van der Waals surface area contributed by atoms with Gasteiger partial charge in [-0.25, -0.2) is 13.1 Å². The fourth-order valence-corrected chi connectivity index (χ4v) is 6.11. The first-order valence-corrected chi connectivity index (χ1v) is 13.4. The van der Waals surface area contributed by atoms with Crippen LogP contribution in [-0.2, 0) is 26.0 Å². The van der Waals surface area contributed by atoms with Gasteiger partial charge in [0.2, 0.25) is 0 Å². The second-order valence-electron chi connectivity index (χ2n) is 9.64. The number of piperidine rings is 1. The number of sulfonamides is 1. The molecule has 35 heavy (non-hydrogen) atoms. The molecule has 0 spiro atoms. The van der Waals surface area contributed by atoms with E-state index in [1.54, 1.807) is 11.0 Å². The molecule has 4 unspecified atom stereocenters. The topological polar surface area (TPSA) is 180 Å². The molecule has 3 rings (SSSR count). The van der Waals surface area contributed by atoms with E-state index in [9.17, 15) is 23.1 Å². The molecule has 0 aromatic heterocycles. The second-order valence-corrected chi connectivity index (χ2v) is 11.3. The number of rotatable bonds is 9. The van der Waals surface area contributed by atoms with Crippen molar-refractivity contribution in [2.75, 3.05) is 25.0 Å². The van der Waals surface area contributed by atoms with Gasteiger partial charge in [-0.3, -0.25) is 19.5 Å². The number of hydrogen-bond donors (Lipinski definition) is 5. The molecule has 7 N–H and O–H groups in total. The van der Waals surface area contributed by atoms with Crippen molar-refractivity contribution in [3.05, 3.63) is 23.8 Å². The van der Waals surface area contributed by atoms with Gasteiger partial charge in [-0.1, -0.05) is 26.0 Å². The first-order valence-electron chi connectivity index (χ1n) is 12.0. The number of anilines is 1. The number of fused-ring (bicyclic) bond motifs is 1. The Labute approximate surface area is 206 Å². The number of nitrogens with two attached hydrogens (primary N) is 2. The van der Waals surface area contributed by atoms with Crippen LogP contribution in [0.1, 0.15) is 45.1 Å². The van der Waals surface area contributed by atoms with E-state index in [1.807, 2.05) is 13.0 Å². The molecule has 0 bridgehead atoms. The Morgan fingerprint density at radius 1 is 1.29 bits per heavy atom. The number of para-hydroxylation sites is 1. The fourth-order valence-electron chi connectivity index (χ4n) is 4.87. The van der Waals surface area contributed by atoms with Crippen molar-refractivity contribution in [2.24, 2.45) is 28.3 Å². The Morgan fingerprint density at radius 2 is 2.03 bits per heavy atom. The number of hydrogen-bond acceptors (Lipinski definition) is 7. The summed E-state index contributed by atoms with van der Waals surface area (Å²) in [5.74, 6) is -1.32. The Morgan fingerprint density at radius 3 is 2.71 bits per heavy atom. The number of likely N-dealkylation sites (tertiary alicyclic amines) is 1. The molecule has 194 valence electrons. The number of guanidine groups is 1. The summed E-state index contributed by atoms with van der Waals surface area (Å²) < 4.78 is 28.8. The zero-order valence-electron chi connectivity index (χ0n) is 20.2. The second kappa shape index (κ2) is 11.3. The van der Waals surface area contributed by atoms with E-state index in [0.717, 1.165) is 12.0 Å². The predicted octanol–water partition coefficient (Wildman–Crippen LogP) is 0.703. The number of aliphatic imine (C=N–C) groups is 1. The lowest BCUT2D eigenvalue weighted by molar-refractivity contribution is -0.148. The number of benzene rings is 1. The molecular weight excluding hydrogens is 472 g/mol. The number of carboxylic acids is 1. The molecule has 1 saturated heterocycles. The minimum absolute atomic E-state index is 0.0107. The van der Waals surface area contributed by atoms with E-state index in [2.05, 4.69) is 22.0 Å². The van der Waals surface area contributed by atoms with Crippen molar-refractivity contribution in [2.45, 2.75) is 62.9 Å². The van der Waals surface area contributed by atoms with E-state index in [-0.39, 0.29) is 29.7 Å². The third kappa shape index (κ3) is 6.63. The van der Waals surface area contributed by atoms with Crippen molar-refractivity contribution in [1.29, 1.82) is 0 Å². The molecule has 0 radical (unpaired) electrons. The number of carboxylic acid groups (broad SMARTS) is 1. The van der Waals surface area contributed by atoms with Crippen LogP contribution in [-0.4, -0.2) is 68.0 Å². The normalized spacial score (nSPS) is 23.4. The zero-order valence-corrected chi connectivity index (χ0v) is 21.1. The van der Waals surface area contributed by atoms with Gasteiger partial charge in [0.05, 0.1) is 11.7 Å². The monoisotopic (exact) mass is 508 g/mol. The highest BCUT2D eigenvalue weighted by Gasteiger charge is 2.40. The Kier molecular flexibility index (Phi) is 8.60. The van der Waals surface area contributed by atoms with Crippen molar-refractivity contribution < 1.29 is 23.1 Å². The van der Waals surface area contributed by atoms with E-state index in [1.165, 1.54) is 6.07 Å². The number of nitrogens with zero attached hydrogens (tertiary/aromatic N) is 2. The molecule has 12 heteroatoms. The minimum Gasteiger partial charge on any atom is -0.480 e. The van der Waals surface area contributed by atoms with Crippen molar-refractivity contribution in [3.63, 3.8) is 0 Å². The van der Waals surface area contributed by atoms with E-state index in [0.29, 0.717) is 44.0 Å². The molecule has 4 atom stereocenters. The lowest BCUT2D eigenvalue weighted by Crippen LogP contribution is -2.57. The fraction of sp³-hybridized carbons (Fsp3) is 0.609. The highest BCUT2D eigenvalue weighted by molar-refractivity contribution is 7.90. The number of carbonyl (C=O) groups is 2. The quantitative estimate of drug-likeness (QED) is 0.182. The van der Waals surface area contributed by atoms with Gasteiger partial charge in [0.25, 0.3) is 15.9 Å². The number of amides is 1. The molecular formula is C23H36N6O5S. The van der Waals surface area contributed by atoms with Crippen LogP contribution in [0.15, 0.2) is 28.1 Å². The molecule has 1 fully saturated rings. The highest BCUT2D eigenvalue weighted by atomic mass is 32.2. The summed E-state index contributed by atoms with van der Waals surface area (Å²) in [4.78, 5) is 30.9. The standard InChI is InChI=1S/C23H36N6O5S/c1-14-8-10-29(18(12-14)22(31)32)17(6-4-9-26-23(24)25)21(30)28-35(33,34)19-7-3-5-16-11-15(2)13-27-20(16)19/h3,5,7,14-15,17-18,27H,4,6,8-13H2,1-2H3,(H,28,30)(H,31,32)(H4,24,25,26). The van der Waals surface area contributed by atoms with Crippen molar-refractivity contribution >= 4 is 33.5 Å². The van der Waals surface area contributed by atoms with Gasteiger partial charge in [-0.2, -0.15) is 0 Å². The van der Waals surface area contributed by atoms with Crippen LogP contribution in [0.2, 0.25) is 0 Å². The first kappa shape index (κ1) is 26.7. The van der Waals surface area contributed by atoms with Gasteiger partial charge in [0, 0.05) is 19.6 Å². The number of nitrogens with one attached hydrogen (secondary N) is 2. The molecule has 2 aliphatic rings. The average Bonchev–Trinajstić information content (AvgIpc) is 2.78. The molecule has 0 saturated carbocycles. The molecule has 1 aromatic carbocycles. The summed E-state index contributed by atoms with van der Waals surface area (Å²) in [7, 11) is -4.20. The van der Waals surface area contributed by atoms with Gasteiger partial charge in [-0.15, -0.1) is 0 Å². The lowest BCUT2D eigenvalue weighted by Gasteiger charge is -2.40. The molecule has 2 aliphatic heterocycles. The molecule has 11 nitrogen and oxygen atoms in total. The van der Waals surface area contributed by atoms with Gasteiger partial charge in [0.15, 0.2) is 5.96 Å². The lowest BCUT2D eigenvalue weighted by atomic mass is 9.90. The van der Waals surface area contributed by atoms with E-state index >= 15 is 0 Å². The number of carbonyl (C=O) groups excluding carboxylic acids is 1. The maximum absolute atomic E-state index is 13.4. The van der Waals surface area contributed by atoms with Crippen LogP contribution in [0.3, 0.4) is 0 Å². The van der Waals surface area contributed by atoms with E-state index in [4.69, 9.17) is 11.5 Å². The minimum atomic E-state index is -4.20. The Hall–Kier alpha value is -2.86. The van der Waals surface area contributed by atoms with Crippen LogP contribution >= 0.6 is 0 Å². The van der Waals surface area contributed by atoms with E-state index < -0.39 is 34.0 Å². The largest absolute Gasteiger partial charge is 0.480 e. The summed E-state index contributed by atoms with van der Waals surface area (Å²) in [6, 6.07) is 3.16. The van der Waals surface area contributed by atoms with Gasteiger partial charge in [-0.05, 0) is 55.6 Å². The van der Waals surface area contributed by atoms with Crippen molar-refractivity contribution in [3.8, 4) is 0 Å². The van der Waals surface area contributed by atoms with Gasteiger partial charge >= 0.3 is 5.97 Å². The smallest absolute Gasteiger partial charge is 0.320 e. The third-order valence-electron chi connectivity index (χ3n) is 6.66. The SMILES string of the molecule is CC1CNc2c(cccc2S(=O)(=O)NC(=O)C(CCCN=C(N)N)N2CCC(C)CC2C(=O)O)C1. The summed E-state index contributed by atoms with van der Waals surface area (Å²) in [5.41, 5.74) is 12.1.